The van der Waals surface area contributed by atoms with Gasteiger partial charge in [0.15, 0.2) is 5.82 Å². The lowest BCUT2D eigenvalue weighted by Gasteiger charge is -2.12. The van der Waals surface area contributed by atoms with E-state index in [1.807, 2.05) is 71.1 Å². The van der Waals surface area contributed by atoms with Gasteiger partial charge in [0, 0.05) is 29.5 Å². The molecule has 0 bridgehead atoms. The van der Waals surface area contributed by atoms with Crippen molar-refractivity contribution in [2.45, 2.75) is 18.5 Å². The van der Waals surface area contributed by atoms with E-state index in [9.17, 15) is 4.79 Å². The Morgan fingerprint density at radius 2 is 1.88 bits per heavy atom. The summed E-state index contributed by atoms with van der Waals surface area (Å²) < 4.78 is 9.04. The molecular weight excluding hydrogens is 446 g/mol. The Kier molecular flexibility index (Phi) is 6.82. The number of hydrogen-bond acceptors (Lipinski definition) is 5. The van der Waals surface area contributed by atoms with Gasteiger partial charge >= 0.3 is 0 Å². The van der Waals surface area contributed by atoms with Crippen LogP contribution in [-0.4, -0.2) is 38.3 Å². The number of carbonyl (C=O) groups is 1. The van der Waals surface area contributed by atoms with Crippen LogP contribution in [0.25, 0.3) is 0 Å². The molecule has 0 spiro atoms. The van der Waals surface area contributed by atoms with E-state index >= 15 is 0 Å². The van der Waals surface area contributed by atoms with Gasteiger partial charge in [0.25, 0.3) is 0 Å². The van der Waals surface area contributed by atoms with Gasteiger partial charge in [0.1, 0.15) is 5.75 Å². The minimum atomic E-state index is -0.140. The number of nitrogens with zero attached hydrogens (tertiary/aromatic N) is 4. The number of anilines is 1. The maximum atomic E-state index is 12.6. The Balaban J connectivity index is 1.51. The maximum absolute atomic E-state index is 12.6. The second-order valence-electron chi connectivity index (χ2n) is 7.09. The number of aryl methyl sites for hydroxylation is 1. The lowest BCUT2D eigenvalue weighted by molar-refractivity contribution is -0.113. The molecule has 2 aromatic carbocycles. The molecule has 32 heavy (non-hydrogen) atoms. The van der Waals surface area contributed by atoms with E-state index in [-0.39, 0.29) is 11.7 Å². The number of thioether (sulfide) groups is 1. The van der Waals surface area contributed by atoms with Gasteiger partial charge in [-0.05, 0) is 54.4 Å². The largest absolute Gasteiger partial charge is 0.497 e. The summed E-state index contributed by atoms with van der Waals surface area (Å²) in [4.78, 5) is 12.6. The van der Waals surface area contributed by atoms with Crippen molar-refractivity contribution in [3.8, 4) is 5.75 Å². The Morgan fingerprint density at radius 1 is 1.12 bits per heavy atom. The Bertz CT molecular complexity index is 1210. The minimum Gasteiger partial charge on any atom is -0.497 e. The summed E-state index contributed by atoms with van der Waals surface area (Å²) in [7, 11) is 1.64. The molecule has 4 rings (SSSR count). The van der Waals surface area contributed by atoms with Gasteiger partial charge in [-0.15, -0.1) is 10.2 Å². The second-order valence-corrected chi connectivity index (χ2v) is 8.47. The number of amides is 1. The normalized spacial score (nSPS) is 10.8. The van der Waals surface area contributed by atoms with Crippen molar-refractivity contribution in [2.24, 2.45) is 0 Å². The minimum absolute atomic E-state index is 0.140. The molecular formula is C23H22ClN5O2S. The van der Waals surface area contributed by atoms with Crippen LogP contribution in [0.3, 0.4) is 0 Å². The Morgan fingerprint density at radius 3 is 2.59 bits per heavy atom. The summed E-state index contributed by atoms with van der Waals surface area (Å²) >= 11 is 7.37. The summed E-state index contributed by atoms with van der Waals surface area (Å²) in [5.41, 5.74) is 2.73. The third kappa shape index (κ3) is 5.15. The first kappa shape index (κ1) is 22.0. The third-order valence-electron chi connectivity index (χ3n) is 4.82. The number of nitrogens with one attached hydrogen (secondary N) is 1. The van der Waals surface area contributed by atoms with Crippen LogP contribution in [0, 0.1) is 6.92 Å². The van der Waals surface area contributed by atoms with E-state index in [4.69, 9.17) is 16.3 Å². The van der Waals surface area contributed by atoms with Crippen molar-refractivity contribution >= 4 is 35.0 Å². The number of rotatable bonds is 8. The quantitative estimate of drug-likeness (QED) is 0.381. The predicted octanol–water partition coefficient (Wildman–Crippen LogP) is 4.68. The van der Waals surface area contributed by atoms with Gasteiger partial charge in [0.05, 0.1) is 12.9 Å². The summed E-state index contributed by atoms with van der Waals surface area (Å²) in [5, 5.41) is 12.8. The molecule has 164 valence electrons. The fraction of sp³-hybridized carbons (Fsp3) is 0.174. The van der Waals surface area contributed by atoms with Crippen LogP contribution in [-0.2, 0) is 11.2 Å². The van der Waals surface area contributed by atoms with Gasteiger partial charge in [-0.2, -0.15) is 0 Å². The van der Waals surface area contributed by atoms with Crippen LogP contribution in [0.15, 0.2) is 72.1 Å². The second kappa shape index (κ2) is 9.93. The molecule has 0 fully saturated rings. The zero-order chi connectivity index (χ0) is 22.5. The van der Waals surface area contributed by atoms with Crippen molar-refractivity contribution < 1.29 is 9.53 Å². The van der Waals surface area contributed by atoms with Crippen molar-refractivity contribution in [1.29, 1.82) is 0 Å². The summed E-state index contributed by atoms with van der Waals surface area (Å²) in [5.74, 6) is 1.62. The molecule has 7 nitrogen and oxygen atoms in total. The zero-order valence-electron chi connectivity index (χ0n) is 17.7. The third-order valence-corrected chi connectivity index (χ3v) is 5.98. The van der Waals surface area contributed by atoms with Crippen molar-refractivity contribution in [3.63, 3.8) is 0 Å². The number of ether oxygens (including phenoxy) is 1. The molecule has 9 heteroatoms. The molecule has 0 saturated carbocycles. The van der Waals surface area contributed by atoms with Crippen LogP contribution in [0.4, 0.5) is 5.69 Å². The monoisotopic (exact) mass is 467 g/mol. The number of carbonyl (C=O) groups excluding carboxylic acids is 1. The number of benzene rings is 2. The molecule has 2 aromatic heterocycles. The topological polar surface area (TPSA) is 74.0 Å². The van der Waals surface area contributed by atoms with E-state index < -0.39 is 0 Å². The lowest BCUT2D eigenvalue weighted by atomic mass is 10.1. The highest BCUT2D eigenvalue weighted by Gasteiger charge is 2.16. The summed E-state index contributed by atoms with van der Waals surface area (Å²) in [6.07, 6.45) is 4.42. The molecule has 4 aromatic rings. The first-order valence-corrected chi connectivity index (χ1v) is 11.3. The van der Waals surface area contributed by atoms with Crippen LogP contribution in [0.1, 0.15) is 17.0 Å². The molecule has 0 radical (unpaired) electrons. The van der Waals surface area contributed by atoms with Gasteiger partial charge in [-0.1, -0.05) is 41.6 Å². The van der Waals surface area contributed by atoms with Gasteiger partial charge in [-0.3, -0.25) is 9.47 Å². The van der Waals surface area contributed by atoms with Gasteiger partial charge in [0.2, 0.25) is 11.1 Å². The average Bonchev–Trinajstić information content (AvgIpc) is 3.45. The van der Waals surface area contributed by atoms with Crippen LogP contribution in [0.2, 0.25) is 5.02 Å². The Labute approximate surface area is 195 Å². The van der Waals surface area contributed by atoms with Crippen LogP contribution in [0.5, 0.6) is 5.75 Å². The van der Waals surface area contributed by atoms with Crippen molar-refractivity contribution in [1.82, 2.24) is 19.5 Å². The predicted molar refractivity (Wildman–Crippen MR) is 127 cm³/mol. The highest BCUT2D eigenvalue weighted by Crippen LogP contribution is 2.23. The highest BCUT2D eigenvalue weighted by molar-refractivity contribution is 7.99. The number of hydrogen-bond donors (Lipinski definition) is 1. The van der Waals surface area contributed by atoms with E-state index in [0.717, 1.165) is 22.7 Å². The molecule has 0 unspecified atom stereocenters. The fourth-order valence-electron chi connectivity index (χ4n) is 3.16. The first-order chi connectivity index (χ1) is 15.5. The highest BCUT2D eigenvalue weighted by atomic mass is 35.5. The SMILES string of the molecule is COc1ccc(Cc2nnc(SCC(=O)Nc3cc(Cl)ccc3C)n2-n2cccc2)cc1. The van der Waals surface area contributed by atoms with Crippen molar-refractivity contribution in [3.05, 3.63) is 89.0 Å². The molecule has 1 amide bonds. The molecule has 0 atom stereocenters. The summed E-state index contributed by atoms with van der Waals surface area (Å²) in [6.45, 7) is 1.92. The maximum Gasteiger partial charge on any atom is 0.234 e. The van der Waals surface area contributed by atoms with Gasteiger partial charge < -0.3 is 10.1 Å². The standard InChI is InChI=1S/C23H22ClN5O2S/c1-16-5-8-18(24)14-20(16)25-22(30)15-32-23-27-26-21(29(23)28-11-3-4-12-28)13-17-6-9-19(31-2)10-7-17/h3-12,14H,13,15H2,1-2H3,(H,25,30). The summed E-state index contributed by atoms with van der Waals surface area (Å²) in [6, 6.07) is 17.1. The number of halogens is 1. The van der Waals surface area contributed by atoms with Crippen LogP contribution < -0.4 is 10.1 Å². The molecule has 2 heterocycles. The fourth-order valence-corrected chi connectivity index (χ4v) is 4.08. The van der Waals surface area contributed by atoms with E-state index in [0.29, 0.717) is 22.3 Å². The lowest BCUT2D eigenvalue weighted by Crippen LogP contribution is -2.17. The molecule has 0 aliphatic rings. The molecule has 1 N–H and O–H groups in total. The zero-order valence-corrected chi connectivity index (χ0v) is 19.2. The molecule has 0 saturated heterocycles. The van der Waals surface area contributed by atoms with Crippen molar-refractivity contribution in [2.75, 3.05) is 18.2 Å². The number of aromatic nitrogens is 4. The van der Waals surface area contributed by atoms with E-state index in [2.05, 4.69) is 15.5 Å². The average molecular weight is 468 g/mol. The van der Waals surface area contributed by atoms with E-state index in [1.165, 1.54) is 11.8 Å². The smallest absolute Gasteiger partial charge is 0.234 e. The van der Waals surface area contributed by atoms with E-state index in [1.54, 1.807) is 19.2 Å². The molecule has 0 aliphatic carbocycles. The molecule has 0 aliphatic heterocycles. The van der Waals surface area contributed by atoms with Gasteiger partial charge in [-0.25, -0.2) is 4.68 Å². The Hall–Kier alpha value is -3.23. The first-order valence-electron chi connectivity index (χ1n) is 9.93. The van der Waals surface area contributed by atoms with Crippen LogP contribution >= 0.6 is 23.4 Å². The number of methoxy groups -OCH3 is 1.